The molecule has 2 heterocycles. The summed E-state index contributed by atoms with van der Waals surface area (Å²) in [6.07, 6.45) is 8.92. The number of carbonyl (C=O) groups excluding carboxylic acids is 2. The summed E-state index contributed by atoms with van der Waals surface area (Å²) in [5.74, 6) is 0.155. The Balaban J connectivity index is 1.30. The molecular formula is C26H33N3O2. The minimum atomic E-state index is -0.0177. The lowest BCUT2D eigenvalue weighted by atomic mass is 10.0. The molecule has 5 heteroatoms. The molecule has 2 aliphatic heterocycles. The number of hydrogen-bond donors (Lipinski definition) is 0. The standard InChI is InChI=1S/C26H33N3O2/c30-25(13-12-23-10-6-9-22-8-2-3-11-24(22)23)29-19-14-26(31)28(20-21-29)18-7-17-27-15-4-1-5-16-27/h2-3,6,8-13H,1,4-5,7,14-21H2. The molecule has 2 fully saturated rings. The van der Waals surface area contributed by atoms with Gasteiger partial charge in [0.25, 0.3) is 0 Å². The summed E-state index contributed by atoms with van der Waals surface area (Å²) in [6, 6.07) is 14.3. The summed E-state index contributed by atoms with van der Waals surface area (Å²) in [5.41, 5.74) is 1.04. The van der Waals surface area contributed by atoms with Crippen LogP contribution in [0.1, 0.15) is 37.7 Å². The van der Waals surface area contributed by atoms with Gasteiger partial charge in [-0.1, -0.05) is 48.9 Å². The van der Waals surface area contributed by atoms with Crippen molar-refractivity contribution < 1.29 is 9.59 Å². The fourth-order valence-corrected chi connectivity index (χ4v) is 4.65. The smallest absolute Gasteiger partial charge is 0.246 e. The number of rotatable bonds is 6. The van der Waals surface area contributed by atoms with E-state index in [2.05, 4.69) is 23.1 Å². The Morgan fingerprint density at radius 1 is 0.871 bits per heavy atom. The molecular weight excluding hydrogens is 386 g/mol. The normalized spacial score (nSPS) is 18.6. The molecule has 0 spiro atoms. The van der Waals surface area contributed by atoms with Gasteiger partial charge in [0.15, 0.2) is 0 Å². The first-order chi connectivity index (χ1) is 15.2. The monoisotopic (exact) mass is 419 g/mol. The third kappa shape index (κ3) is 5.73. The van der Waals surface area contributed by atoms with E-state index in [1.54, 1.807) is 6.08 Å². The van der Waals surface area contributed by atoms with E-state index in [1.165, 1.54) is 32.4 Å². The van der Waals surface area contributed by atoms with Gasteiger partial charge in [-0.05, 0) is 61.3 Å². The zero-order valence-electron chi connectivity index (χ0n) is 18.3. The van der Waals surface area contributed by atoms with Gasteiger partial charge in [-0.15, -0.1) is 0 Å². The third-order valence-electron chi connectivity index (χ3n) is 6.48. The highest BCUT2D eigenvalue weighted by molar-refractivity contribution is 5.97. The van der Waals surface area contributed by atoms with Gasteiger partial charge in [0, 0.05) is 38.7 Å². The first-order valence-corrected chi connectivity index (χ1v) is 11.7. The van der Waals surface area contributed by atoms with E-state index in [-0.39, 0.29) is 11.8 Å². The van der Waals surface area contributed by atoms with Crippen LogP contribution in [0, 0.1) is 0 Å². The topological polar surface area (TPSA) is 43.9 Å². The van der Waals surface area contributed by atoms with Crippen molar-refractivity contribution in [3.05, 3.63) is 54.1 Å². The summed E-state index contributed by atoms with van der Waals surface area (Å²) < 4.78 is 0. The molecule has 0 saturated carbocycles. The summed E-state index contributed by atoms with van der Waals surface area (Å²) >= 11 is 0. The van der Waals surface area contributed by atoms with E-state index >= 15 is 0 Å². The quantitative estimate of drug-likeness (QED) is 0.669. The van der Waals surface area contributed by atoms with Crippen LogP contribution in [-0.4, -0.2) is 72.3 Å². The number of carbonyl (C=O) groups is 2. The van der Waals surface area contributed by atoms with Crippen molar-refractivity contribution in [2.24, 2.45) is 0 Å². The Hall–Kier alpha value is -2.66. The number of nitrogens with zero attached hydrogens (tertiary/aromatic N) is 3. The maximum absolute atomic E-state index is 12.8. The average molecular weight is 420 g/mol. The second-order valence-electron chi connectivity index (χ2n) is 8.61. The van der Waals surface area contributed by atoms with E-state index in [4.69, 9.17) is 0 Å². The largest absolute Gasteiger partial charge is 0.341 e. The highest BCUT2D eigenvalue weighted by Crippen LogP contribution is 2.20. The molecule has 0 radical (unpaired) electrons. The second-order valence-corrected chi connectivity index (χ2v) is 8.61. The highest BCUT2D eigenvalue weighted by Gasteiger charge is 2.22. The van der Waals surface area contributed by atoms with E-state index < -0.39 is 0 Å². The van der Waals surface area contributed by atoms with Crippen molar-refractivity contribution in [1.82, 2.24) is 14.7 Å². The van der Waals surface area contributed by atoms with Crippen LogP contribution in [0.25, 0.3) is 16.8 Å². The van der Waals surface area contributed by atoms with Crippen molar-refractivity contribution in [3.63, 3.8) is 0 Å². The van der Waals surface area contributed by atoms with Crippen molar-refractivity contribution in [2.45, 2.75) is 32.1 Å². The van der Waals surface area contributed by atoms with Gasteiger partial charge in [-0.2, -0.15) is 0 Å². The SMILES string of the molecule is O=C(C=Cc1cccc2ccccc12)N1CCC(=O)N(CCCN2CCCCC2)CC1. The van der Waals surface area contributed by atoms with Gasteiger partial charge in [-0.25, -0.2) is 0 Å². The summed E-state index contributed by atoms with van der Waals surface area (Å²) in [4.78, 5) is 31.6. The number of piperidine rings is 1. The van der Waals surface area contributed by atoms with Gasteiger partial charge in [0.2, 0.25) is 11.8 Å². The van der Waals surface area contributed by atoms with Gasteiger partial charge in [0.05, 0.1) is 0 Å². The van der Waals surface area contributed by atoms with Crippen LogP contribution in [0.2, 0.25) is 0 Å². The van der Waals surface area contributed by atoms with E-state index in [9.17, 15) is 9.59 Å². The molecule has 4 rings (SSSR count). The molecule has 2 amide bonds. The van der Waals surface area contributed by atoms with Crippen LogP contribution in [0.3, 0.4) is 0 Å². The molecule has 2 aromatic rings. The lowest BCUT2D eigenvalue weighted by molar-refractivity contribution is -0.130. The first kappa shape index (κ1) is 21.6. The molecule has 0 bridgehead atoms. The van der Waals surface area contributed by atoms with E-state index in [0.717, 1.165) is 35.8 Å². The molecule has 0 aromatic heterocycles. The maximum Gasteiger partial charge on any atom is 0.246 e. The highest BCUT2D eigenvalue weighted by atomic mass is 16.2. The zero-order valence-corrected chi connectivity index (χ0v) is 18.3. The zero-order chi connectivity index (χ0) is 21.5. The van der Waals surface area contributed by atoms with Crippen LogP contribution in [0.4, 0.5) is 0 Å². The minimum Gasteiger partial charge on any atom is -0.341 e. The van der Waals surface area contributed by atoms with E-state index in [1.807, 2.05) is 40.1 Å². The fraction of sp³-hybridized carbons (Fsp3) is 0.462. The van der Waals surface area contributed by atoms with Crippen LogP contribution in [0.5, 0.6) is 0 Å². The van der Waals surface area contributed by atoms with Crippen molar-refractivity contribution in [2.75, 3.05) is 45.8 Å². The number of hydrogen-bond acceptors (Lipinski definition) is 3. The molecule has 2 aromatic carbocycles. The summed E-state index contributed by atoms with van der Waals surface area (Å²) in [7, 11) is 0. The number of likely N-dealkylation sites (tertiary alicyclic amines) is 1. The Morgan fingerprint density at radius 2 is 1.68 bits per heavy atom. The Bertz CT molecular complexity index is 928. The van der Waals surface area contributed by atoms with Crippen molar-refractivity contribution in [1.29, 1.82) is 0 Å². The van der Waals surface area contributed by atoms with Gasteiger partial charge in [0.1, 0.15) is 0 Å². The van der Waals surface area contributed by atoms with Crippen molar-refractivity contribution in [3.8, 4) is 0 Å². The fourth-order valence-electron chi connectivity index (χ4n) is 4.65. The Kier molecular flexibility index (Phi) is 7.36. The molecule has 164 valence electrons. The lowest BCUT2D eigenvalue weighted by Gasteiger charge is -2.28. The number of benzene rings is 2. The third-order valence-corrected chi connectivity index (χ3v) is 6.48. The van der Waals surface area contributed by atoms with Gasteiger partial charge < -0.3 is 14.7 Å². The van der Waals surface area contributed by atoms with Crippen LogP contribution in [0.15, 0.2) is 48.5 Å². The Morgan fingerprint density at radius 3 is 2.55 bits per heavy atom. The minimum absolute atomic E-state index is 0.0177. The Labute approximate surface area is 185 Å². The van der Waals surface area contributed by atoms with Crippen LogP contribution in [-0.2, 0) is 9.59 Å². The van der Waals surface area contributed by atoms with Gasteiger partial charge in [-0.3, -0.25) is 9.59 Å². The van der Waals surface area contributed by atoms with E-state index in [0.29, 0.717) is 26.1 Å². The maximum atomic E-state index is 12.8. The van der Waals surface area contributed by atoms with Crippen LogP contribution < -0.4 is 0 Å². The molecule has 0 N–H and O–H groups in total. The number of amides is 2. The molecule has 5 nitrogen and oxygen atoms in total. The average Bonchev–Trinajstić information content (AvgIpc) is 3.00. The molecule has 0 atom stereocenters. The molecule has 0 aliphatic carbocycles. The molecule has 2 aliphatic rings. The summed E-state index contributed by atoms with van der Waals surface area (Å²) in [5, 5.41) is 2.30. The predicted molar refractivity (Wildman–Crippen MR) is 126 cm³/mol. The number of fused-ring (bicyclic) bond motifs is 1. The van der Waals surface area contributed by atoms with Crippen molar-refractivity contribution >= 4 is 28.7 Å². The molecule has 31 heavy (non-hydrogen) atoms. The lowest BCUT2D eigenvalue weighted by Crippen LogP contribution is -2.37. The van der Waals surface area contributed by atoms with Crippen LogP contribution >= 0.6 is 0 Å². The van der Waals surface area contributed by atoms with Gasteiger partial charge >= 0.3 is 0 Å². The molecule has 0 unspecified atom stereocenters. The first-order valence-electron chi connectivity index (χ1n) is 11.7. The summed E-state index contributed by atoms with van der Waals surface area (Å²) in [6.45, 7) is 5.99. The second kappa shape index (κ2) is 10.6. The molecule has 2 saturated heterocycles. The predicted octanol–water partition coefficient (Wildman–Crippen LogP) is 3.79.